The summed E-state index contributed by atoms with van der Waals surface area (Å²) in [5.41, 5.74) is 7.41. The zero-order valence-corrected chi connectivity index (χ0v) is 9.33. The third-order valence-electron chi connectivity index (χ3n) is 2.85. The van der Waals surface area contributed by atoms with Crippen LogP contribution in [0.4, 0.5) is 4.39 Å². The molecular formula is C12H13FN2O2. The number of rotatable bonds is 3. The molecule has 90 valence electrons. The molecule has 0 fully saturated rings. The lowest BCUT2D eigenvalue weighted by Crippen LogP contribution is -2.32. The van der Waals surface area contributed by atoms with E-state index in [9.17, 15) is 9.18 Å². The normalized spacial score (nSPS) is 12.9. The van der Waals surface area contributed by atoms with Gasteiger partial charge < -0.3 is 15.8 Å². The fourth-order valence-corrected chi connectivity index (χ4v) is 1.94. The molecule has 0 saturated carbocycles. The summed E-state index contributed by atoms with van der Waals surface area (Å²) in [5, 5.41) is 9.48. The van der Waals surface area contributed by atoms with Gasteiger partial charge in [-0.3, -0.25) is 4.79 Å². The van der Waals surface area contributed by atoms with Crippen molar-refractivity contribution in [3.05, 3.63) is 35.3 Å². The largest absolute Gasteiger partial charge is 0.480 e. The van der Waals surface area contributed by atoms with Crippen LogP contribution in [0.15, 0.2) is 18.2 Å². The van der Waals surface area contributed by atoms with Crippen molar-refractivity contribution in [3.63, 3.8) is 0 Å². The molecule has 0 radical (unpaired) electrons. The molecule has 5 heteroatoms. The summed E-state index contributed by atoms with van der Waals surface area (Å²) in [7, 11) is 0. The van der Waals surface area contributed by atoms with E-state index in [1.54, 1.807) is 19.1 Å². The summed E-state index contributed by atoms with van der Waals surface area (Å²) in [5.74, 6) is -1.41. The van der Waals surface area contributed by atoms with Crippen LogP contribution in [0, 0.1) is 12.7 Å². The van der Waals surface area contributed by atoms with E-state index in [2.05, 4.69) is 4.98 Å². The van der Waals surface area contributed by atoms with Crippen molar-refractivity contribution < 1.29 is 14.3 Å². The minimum atomic E-state index is -1.06. The molecule has 0 aliphatic carbocycles. The molecular weight excluding hydrogens is 223 g/mol. The molecule has 4 N–H and O–H groups in total. The molecule has 1 aromatic heterocycles. The standard InChI is InChI=1S/C12H13FN2O2/c1-6-8(5-10(14)12(16)17)7-3-2-4-9(13)11(7)15-6/h2-4,10,15H,5,14H2,1H3,(H,16,17). The number of aryl methyl sites for hydroxylation is 1. The summed E-state index contributed by atoms with van der Waals surface area (Å²) in [6.45, 7) is 1.78. The quantitative estimate of drug-likeness (QED) is 0.756. The van der Waals surface area contributed by atoms with Gasteiger partial charge in [-0.25, -0.2) is 4.39 Å². The van der Waals surface area contributed by atoms with Crippen molar-refractivity contribution in [2.24, 2.45) is 5.73 Å². The van der Waals surface area contributed by atoms with Gasteiger partial charge in [-0.1, -0.05) is 12.1 Å². The van der Waals surface area contributed by atoms with Crippen LogP contribution in [0.1, 0.15) is 11.3 Å². The summed E-state index contributed by atoms with van der Waals surface area (Å²) in [6.07, 6.45) is 0.185. The third kappa shape index (κ3) is 2.01. The predicted octanol–water partition coefficient (Wildman–Crippen LogP) is 1.57. The monoisotopic (exact) mass is 236 g/mol. The Morgan fingerprint density at radius 1 is 1.59 bits per heavy atom. The number of hydrogen-bond acceptors (Lipinski definition) is 2. The predicted molar refractivity (Wildman–Crippen MR) is 62.3 cm³/mol. The Balaban J connectivity index is 2.50. The second-order valence-corrected chi connectivity index (χ2v) is 4.04. The van der Waals surface area contributed by atoms with E-state index in [-0.39, 0.29) is 12.2 Å². The van der Waals surface area contributed by atoms with Crippen molar-refractivity contribution >= 4 is 16.9 Å². The number of carboxylic acid groups (broad SMARTS) is 1. The van der Waals surface area contributed by atoms with Gasteiger partial charge in [-0.15, -0.1) is 0 Å². The molecule has 1 aromatic carbocycles. The van der Waals surface area contributed by atoms with Gasteiger partial charge in [0, 0.05) is 17.5 Å². The molecule has 17 heavy (non-hydrogen) atoms. The Kier molecular flexibility index (Phi) is 2.85. The Morgan fingerprint density at radius 3 is 2.94 bits per heavy atom. The lowest BCUT2D eigenvalue weighted by atomic mass is 10.0. The van der Waals surface area contributed by atoms with Crippen LogP contribution in [0.5, 0.6) is 0 Å². The first kappa shape index (κ1) is 11.6. The number of hydrogen-bond donors (Lipinski definition) is 3. The van der Waals surface area contributed by atoms with Crippen molar-refractivity contribution in [3.8, 4) is 0 Å². The number of benzene rings is 1. The number of aromatic amines is 1. The molecule has 0 aliphatic rings. The highest BCUT2D eigenvalue weighted by atomic mass is 19.1. The lowest BCUT2D eigenvalue weighted by molar-refractivity contribution is -0.138. The highest BCUT2D eigenvalue weighted by Gasteiger charge is 2.18. The first-order valence-corrected chi connectivity index (χ1v) is 5.24. The molecule has 2 rings (SSSR count). The zero-order chi connectivity index (χ0) is 12.6. The number of aliphatic carboxylic acids is 1. The van der Waals surface area contributed by atoms with E-state index in [1.807, 2.05) is 0 Å². The van der Waals surface area contributed by atoms with Crippen molar-refractivity contribution in [1.82, 2.24) is 4.98 Å². The van der Waals surface area contributed by atoms with E-state index in [0.717, 1.165) is 11.3 Å². The third-order valence-corrected chi connectivity index (χ3v) is 2.85. The van der Waals surface area contributed by atoms with Crippen LogP contribution in [0.2, 0.25) is 0 Å². The van der Waals surface area contributed by atoms with Crippen LogP contribution >= 0.6 is 0 Å². The first-order chi connectivity index (χ1) is 8.00. The lowest BCUT2D eigenvalue weighted by Gasteiger charge is -2.06. The van der Waals surface area contributed by atoms with Crippen molar-refractivity contribution in [2.75, 3.05) is 0 Å². The molecule has 4 nitrogen and oxygen atoms in total. The van der Waals surface area contributed by atoms with Gasteiger partial charge in [0.05, 0.1) is 5.52 Å². The second-order valence-electron chi connectivity index (χ2n) is 4.04. The molecule has 2 aromatic rings. The minimum absolute atomic E-state index is 0.185. The number of aromatic nitrogens is 1. The van der Waals surface area contributed by atoms with Crippen LogP contribution < -0.4 is 5.73 Å². The van der Waals surface area contributed by atoms with E-state index >= 15 is 0 Å². The number of nitrogens with two attached hydrogens (primary N) is 1. The van der Waals surface area contributed by atoms with E-state index < -0.39 is 12.0 Å². The van der Waals surface area contributed by atoms with Gasteiger partial charge in [0.25, 0.3) is 0 Å². The summed E-state index contributed by atoms with van der Waals surface area (Å²) in [6, 6.07) is 3.74. The highest BCUT2D eigenvalue weighted by molar-refractivity contribution is 5.86. The minimum Gasteiger partial charge on any atom is -0.480 e. The SMILES string of the molecule is Cc1[nH]c2c(F)cccc2c1CC(N)C(=O)O. The number of carbonyl (C=O) groups is 1. The average molecular weight is 236 g/mol. The number of fused-ring (bicyclic) bond motifs is 1. The van der Waals surface area contributed by atoms with Gasteiger partial charge >= 0.3 is 5.97 Å². The molecule has 0 amide bonds. The van der Waals surface area contributed by atoms with Crippen LogP contribution in [-0.2, 0) is 11.2 Å². The Hall–Kier alpha value is -1.88. The van der Waals surface area contributed by atoms with E-state index in [4.69, 9.17) is 10.8 Å². The number of halogens is 1. The number of nitrogens with one attached hydrogen (secondary N) is 1. The summed E-state index contributed by atoms with van der Waals surface area (Å²) >= 11 is 0. The topological polar surface area (TPSA) is 79.1 Å². The molecule has 0 spiro atoms. The number of H-pyrrole nitrogens is 1. The molecule has 0 saturated heterocycles. The van der Waals surface area contributed by atoms with Crippen molar-refractivity contribution in [1.29, 1.82) is 0 Å². The zero-order valence-electron chi connectivity index (χ0n) is 9.33. The molecule has 1 unspecified atom stereocenters. The van der Waals surface area contributed by atoms with Crippen molar-refractivity contribution in [2.45, 2.75) is 19.4 Å². The molecule has 0 bridgehead atoms. The van der Waals surface area contributed by atoms with Gasteiger partial charge in [0.1, 0.15) is 11.9 Å². The maximum atomic E-state index is 13.5. The molecule has 0 aliphatic heterocycles. The molecule has 1 atom stereocenters. The van der Waals surface area contributed by atoms with Gasteiger partial charge in [-0.2, -0.15) is 0 Å². The van der Waals surface area contributed by atoms with Gasteiger partial charge in [0.2, 0.25) is 0 Å². The van der Waals surface area contributed by atoms with Crippen LogP contribution in [0.25, 0.3) is 10.9 Å². The first-order valence-electron chi connectivity index (χ1n) is 5.24. The fraction of sp³-hybridized carbons (Fsp3) is 0.250. The molecule has 1 heterocycles. The maximum absolute atomic E-state index is 13.5. The summed E-state index contributed by atoms with van der Waals surface area (Å²) < 4.78 is 13.5. The highest BCUT2D eigenvalue weighted by Crippen LogP contribution is 2.25. The van der Waals surface area contributed by atoms with E-state index in [0.29, 0.717) is 10.9 Å². The van der Waals surface area contributed by atoms with Gasteiger partial charge in [0.15, 0.2) is 0 Å². The van der Waals surface area contributed by atoms with Crippen LogP contribution in [-0.4, -0.2) is 22.1 Å². The fourth-order valence-electron chi connectivity index (χ4n) is 1.94. The Bertz CT molecular complexity index is 577. The smallest absolute Gasteiger partial charge is 0.320 e. The van der Waals surface area contributed by atoms with E-state index in [1.165, 1.54) is 6.07 Å². The second kappa shape index (κ2) is 4.18. The van der Waals surface area contributed by atoms with Gasteiger partial charge in [-0.05, 0) is 18.6 Å². The summed E-state index contributed by atoms with van der Waals surface area (Å²) in [4.78, 5) is 13.6. The van der Waals surface area contributed by atoms with Crippen LogP contribution in [0.3, 0.4) is 0 Å². The number of carboxylic acids is 1. The Morgan fingerprint density at radius 2 is 2.29 bits per heavy atom. The number of para-hydroxylation sites is 1. The maximum Gasteiger partial charge on any atom is 0.320 e. The average Bonchev–Trinajstić information content (AvgIpc) is 2.58. The Labute approximate surface area is 97.2 Å².